The summed E-state index contributed by atoms with van der Waals surface area (Å²) in [6.07, 6.45) is -1.04. The molecule has 0 aliphatic rings. The Morgan fingerprint density at radius 2 is 1.58 bits per heavy atom. The predicted molar refractivity (Wildman–Crippen MR) is 80.8 cm³/mol. The van der Waals surface area contributed by atoms with Crippen LogP contribution in [0.15, 0.2) is 36.4 Å². The third-order valence-electron chi connectivity index (χ3n) is 3.35. The number of likely N-dealkylation sites (N-methyl/N-ethyl adjacent to an activating group) is 1. The minimum absolute atomic E-state index is 0.0175. The van der Waals surface area contributed by atoms with Gasteiger partial charge in [-0.25, -0.2) is 17.6 Å². The third-order valence-corrected chi connectivity index (χ3v) is 3.35. The van der Waals surface area contributed by atoms with Gasteiger partial charge in [-0.3, -0.25) is 4.79 Å². The largest absolute Gasteiger partial charge is 0.481 e. The van der Waals surface area contributed by atoms with E-state index in [1.165, 1.54) is 24.0 Å². The van der Waals surface area contributed by atoms with Gasteiger partial charge in [-0.05, 0) is 38.1 Å². The van der Waals surface area contributed by atoms with Crippen LogP contribution in [0.4, 0.5) is 23.2 Å². The molecular weight excluding hydrogens is 326 g/mol. The van der Waals surface area contributed by atoms with E-state index in [9.17, 15) is 22.4 Å². The Kier molecular flexibility index (Phi) is 5.43. The SMILES string of the molecule is CCN(C(=O)C(C)Oc1ccc(F)c(F)c1)c1ccc(F)c(F)c1. The second-order valence-corrected chi connectivity index (χ2v) is 5.02. The first-order valence-corrected chi connectivity index (χ1v) is 7.21. The van der Waals surface area contributed by atoms with Crippen molar-refractivity contribution in [1.29, 1.82) is 0 Å². The van der Waals surface area contributed by atoms with Crippen LogP contribution in [-0.4, -0.2) is 18.6 Å². The second-order valence-electron chi connectivity index (χ2n) is 5.02. The van der Waals surface area contributed by atoms with Gasteiger partial charge in [-0.15, -0.1) is 0 Å². The monoisotopic (exact) mass is 341 g/mol. The van der Waals surface area contributed by atoms with Crippen molar-refractivity contribution in [2.45, 2.75) is 20.0 Å². The molecule has 2 aromatic rings. The lowest BCUT2D eigenvalue weighted by atomic mass is 10.2. The molecule has 128 valence electrons. The van der Waals surface area contributed by atoms with Crippen LogP contribution in [0.25, 0.3) is 0 Å². The van der Waals surface area contributed by atoms with Crippen molar-refractivity contribution in [2.75, 3.05) is 11.4 Å². The lowest BCUT2D eigenvalue weighted by molar-refractivity contribution is -0.124. The number of anilines is 1. The van der Waals surface area contributed by atoms with Crippen LogP contribution in [0.1, 0.15) is 13.8 Å². The summed E-state index contributed by atoms with van der Waals surface area (Å²) in [5.74, 6) is -4.77. The van der Waals surface area contributed by atoms with E-state index in [1.54, 1.807) is 6.92 Å². The van der Waals surface area contributed by atoms with Crippen molar-refractivity contribution in [3.8, 4) is 5.75 Å². The standard InChI is InChI=1S/C17H15F4NO2/c1-3-22(11-4-6-13(18)15(20)8-11)17(23)10(2)24-12-5-7-14(19)16(21)9-12/h4-10H,3H2,1-2H3. The zero-order valence-electron chi connectivity index (χ0n) is 13.0. The van der Waals surface area contributed by atoms with Crippen molar-refractivity contribution in [3.63, 3.8) is 0 Å². The smallest absolute Gasteiger partial charge is 0.267 e. The molecule has 1 atom stereocenters. The quantitative estimate of drug-likeness (QED) is 0.768. The Morgan fingerprint density at radius 1 is 1.00 bits per heavy atom. The predicted octanol–water partition coefficient (Wildman–Crippen LogP) is 4.06. The van der Waals surface area contributed by atoms with Crippen LogP contribution in [0.2, 0.25) is 0 Å². The van der Waals surface area contributed by atoms with Gasteiger partial charge in [-0.1, -0.05) is 0 Å². The molecule has 0 saturated heterocycles. The molecule has 0 aliphatic carbocycles. The van der Waals surface area contributed by atoms with Crippen LogP contribution in [0, 0.1) is 23.3 Å². The average molecular weight is 341 g/mol. The highest BCUT2D eigenvalue weighted by Crippen LogP contribution is 2.21. The van der Waals surface area contributed by atoms with E-state index >= 15 is 0 Å². The number of nitrogens with zero attached hydrogens (tertiary/aromatic N) is 1. The molecule has 0 bridgehead atoms. The zero-order valence-corrected chi connectivity index (χ0v) is 13.0. The first kappa shape index (κ1) is 17.8. The fraction of sp³-hybridized carbons (Fsp3) is 0.235. The Hall–Kier alpha value is -2.57. The molecule has 2 rings (SSSR count). The summed E-state index contributed by atoms with van der Waals surface area (Å²) in [7, 11) is 0. The Labute approximate surface area is 136 Å². The molecule has 0 aromatic heterocycles. The maximum atomic E-state index is 13.3. The molecule has 0 aliphatic heterocycles. The van der Waals surface area contributed by atoms with Gasteiger partial charge in [0, 0.05) is 24.4 Å². The van der Waals surface area contributed by atoms with Gasteiger partial charge in [0.25, 0.3) is 5.91 Å². The van der Waals surface area contributed by atoms with Gasteiger partial charge in [-0.2, -0.15) is 0 Å². The topological polar surface area (TPSA) is 29.5 Å². The molecule has 24 heavy (non-hydrogen) atoms. The van der Waals surface area contributed by atoms with Crippen molar-refractivity contribution in [1.82, 2.24) is 0 Å². The summed E-state index contributed by atoms with van der Waals surface area (Å²) in [4.78, 5) is 13.6. The molecule has 2 aromatic carbocycles. The highest BCUT2D eigenvalue weighted by Gasteiger charge is 2.23. The van der Waals surface area contributed by atoms with Crippen molar-refractivity contribution < 1.29 is 27.1 Å². The molecule has 1 amide bonds. The molecule has 3 nitrogen and oxygen atoms in total. The molecule has 1 unspecified atom stereocenters. The fourth-order valence-corrected chi connectivity index (χ4v) is 2.14. The summed E-state index contributed by atoms with van der Waals surface area (Å²) in [6.45, 7) is 3.27. The molecular formula is C17H15F4NO2. The molecule has 0 saturated carbocycles. The van der Waals surface area contributed by atoms with Gasteiger partial charge in [0.2, 0.25) is 0 Å². The van der Waals surface area contributed by atoms with Crippen molar-refractivity contribution in [2.24, 2.45) is 0 Å². The average Bonchev–Trinajstić information content (AvgIpc) is 2.54. The number of benzene rings is 2. The number of amides is 1. The first-order chi connectivity index (χ1) is 11.3. The highest BCUT2D eigenvalue weighted by atomic mass is 19.2. The van der Waals surface area contributed by atoms with Crippen molar-refractivity contribution in [3.05, 3.63) is 59.7 Å². The van der Waals surface area contributed by atoms with Crippen LogP contribution in [0.5, 0.6) is 5.75 Å². The number of ether oxygens (including phenoxy) is 1. The van der Waals surface area contributed by atoms with E-state index < -0.39 is 35.3 Å². The zero-order chi connectivity index (χ0) is 17.9. The van der Waals surface area contributed by atoms with Crippen LogP contribution in [0.3, 0.4) is 0 Å². The number of hydrogen-bond donors (Lipinski definition) is 0. The number of carbonyl (C=O) groups is 1. The van der Waals surface area contributed by atoms with E-state index in [4.69, 9.17) is 4.74 Å². The van der Waals surface area contributed by atoms with E-state index in [0.717, 1.165) is 24.3 Å². The minimum Gasteiger partial charge on any atom is -0.481 e. The van der Waals surface area contributed by atoms with E-state index in [0.29, 0.717) is 0 Å². The van der Waals surface area contributed by atoms with Gasteiger partial charge in [0.1, 0.15) is 5.75 Å². The van der Waals surface area contributed by atoms with Crippen LogP contribution >= 0.6 is 0 Å². The minimum atomic E-state index is -1.10. The Bertz CT molecular complexity index is 751. The maximum Gasteiger partial charge on any atom is 0.267 e. The maximum absolute atomic E-state index is 13.3. The second kappa shape index (κ2) is 7.33. The lowest BCUT2D eigenvalue weighted by Crippen LogP contribution is -2.40. The third kappa shape index (κ3) is 3.84. The molecule has 0 radical (unpaired) electrons. The van der Waals surface area contributed by atoms with E-state index in [-0.39, 0.29) is 18.0 Å². The highest BCUT2D eigenvalue weighted by molar-refractivity contribution is 5.96. The molecule has 0 heterocycles. The van der Waals surface area contributed by atoms with Crippen molar-refractivity contribution >= 4 is 11.6 Å². The van der Waals surface area contributed by atoms with E-state index in [2.05, 4.69) is 0 Å². The van der Waals surface area contributed by atoms with Gasteiger partial charge in [0.05, 0.1) is 0 Å². The number of hydrogen-bond acceptors (Lipinski definition) is 2. The summed E-state index contributed by atoms with van der Waals surface area (Å²) in [6, 6.07) is 5.99. The summed E-state index contributed by atoms with van der Waals surface area (Å²) in [5.41, 5.74) is 0.169. The number of halogens is 4. The number of rotatable bonds is 5. The Balaban J connectivity index is 2.17. The van der Waals surface area contributed by atoms with E-state index in [1.807, 2.05) is 0 Å². The molecule has 0 N–H and O–H groups in total. The van der Waals surface area contributed by atoms with Crippen LogP contribution in [-0.2, 0) is 4.79 Å². The summed E-state index contributed by atoms with van der Waals surface area (Å²) in [5, 5.41) is 0. The molecule has 0 fully saturated rings. The first-order valence-electron chi connectivity index (χ1n) is 7.21. The molecule has 0 spiro atoms. The summed E-state index contributed by atoms with van der Waals surface area (Å²) < 4.78 is 57.7. The van der Waals surface area contributed by atoms with Gasteiger partial charge in [0.15, 0.2) is 29.4 Å². The normalized spacial score (nSPS) is 11.9. The Morgan fingerprint density at radius 3 is 2.12 bits per heavy atom. The number of carbonyl (C=O) groups excluding carboxylic acids is 1. The molecule has 7 heteroatoms. The fourth-order valence-electron chi connectivity index (χ4n) is 2.14. The van der Waals surface area contributed by atoms with Gasteiger partial charge < -0.3 is 9.64 Å². The lowest BCUT2D eigenvalue weighted by Gasteiger charge is -2.25. The van der Waals surface area contributed by atoms with Crippen LogP contribution < -0.4 is 9.64 Å². The van der Waals surface area contributed by atoms with Gasteiger partial charge >= 0.3 is 0 Å². The summed E-state index contributed by atoms with van der Waals surface area (Å²) >= 11 is 0.